The van der Waals surface area contributed by atoms with Crippen LogP contribution in [-0.4, -0.2) is 36.5 Å². The first-order valence-corrected chi connectivity index (χ1v) is 7.29. The van der Waals surface area contributed by atoms with Gasteiger partial charge in [-0.05, 0) is 6.07 Å². The van der Waals surface area contributed by atoms with Gasteiger partial charge in [0.25, 0.3) is 0 Å². The molecule has 2 aromatic rings. The maximum Gasteiger partial charge on any atom is 0.231 e. The molecule has 0 unspecified atom stereocenters. The van der Waals surface area contributed by atoms with Crippen LogP contribution in [0.1, 0.15) is 21.8 Å². The molecule has 0 fully saturated rings. The van der Waals surface area contributed by atoms with Gasteiger partial charge in [-0.15, -0.1) is 0 Å². The quantitative estimate of drug-likeness (QED) is 0.871. The third-order valence-corrected chi connectivity index (χ3v) is 4.14. The summed E-state index contributed by atoms with van der Waals surface area (Å²) in [4.78, 5) is 12.9. The third kappa shape index (κ3) is 2.01. The van der Waals surface area contributed by atoms with Crippen LogP contribution in [-0.2, 0) is 0 Å². The van der Waals surface area contributed by atoms with Crippen LogP contribution in [0.3, 0.4) is 0 Å². The Bertz CT molecular complexity index is 843. The standard InChI is InChI=1S/C17H14O7/c1-21-16-9(2-3-12-17(16)24-7-23-12)10-6-22-13-5-8(18)4-11(19)14(13)15(10)20/h2-5,10,18-19H,6-7H2,1H3/t10-/m1/s1. The lowest BCUT2D eigenvalue weighted by Crippen LogP contribution is -2.26. The van der Waals surface area contributed by atoms with E-state index in [1.165, 1.54) is 13.2 Å². The number of phenolic OH excluding ortho intramolecular Hbond substituents is 2. The van der Waals surface area contributed by atoms with Crippen LogP contribution in [0, 0.1) is 0 Å². The number of benzene rings is 2. The zero-order valence-electron chi connectivity index (χ0n) is 12.7. The second-order valence-electron chi connectivity index (χ2n) is 5.49. The number of Topliss-reactive ketones (excluding diaryl/α,β-unsaturated/α-hetero) is 1. The normalized spacial score (nSPS) is 18.0. The van der Waals surface area contributed by atoms with Crippen molar-refractivity contribution in [2.45, 2.75) is 5.92 Å². The van der Waals surface area contributed by atoms with Crippen LogP contribution in [0.25, 0.3) is 0 Å². The molecule has 2 heterocycles. The number of fused-ring (bicyclic) bond motifs is 2. The number of carbonyl (C=O) groups is 1. The van der Waals surface area contributed by atoms with Gasteiger partial charge in [0.15, 0.2) is 17.3 Å². The van der Waals surface area contributed by atoms with E-state index in [0.29, 0.717) is 22.8 Å². The van der Waals surface area contributed by atoms with Crippen molar-refractivity contribution in [2.24, 2.45) is 0 Å². The van der Waals surface area contributed by atoms with Crippen molar-refractivity contribution in [1.29, 1.82) is 0 Å². The fourth-order valence-corrected chi connectivity index (χ4v) is 3.05. The Morgan fingerprint density at radius 2 is 1.96 bits per heavy atom. The first-order chi connectivity index (χ1) is 11.6. The predicted octanol–water partition coefficient (Wildman–Crippen LogP) is 2.19. The Hall–Kier alpha value is -3.09. The first kappa shape index (κ1) is 14.5. The number of methoxy groups -OCH3 is 1. The van der Waals surface area contributed by atoms with Crippen molar-refractivity contribution in [3.8, 4) is 34.5 Å². The smallest absolute Gasteiger partial charge is 0.231 e. The molecule has 0 saturated carbocycles. The van der Waals surface area contributed by atoms with Gasteiger partial charge in [0.05, 0.1) is 13.0 Å². The third-order valence-electron chi connectivity index (χ3n) is 4.14. The van der Waals surface area contributed by atoms with Gasteiger partial charge < -0.3 is 29.2 Å². The molecular weight excluding hydrogens is 316 g/mol. The van der Waals surface area contributed by atoms with Gasteiger partial charge in [0, 0.05) is 17.7 Å². The summed E-state index contributed by atoms with van der Waals surface area (Å²) in [7, 11) is 1.48. The monoisotopic (exact) mass is 330 g/mol. The highest BCUT2D eigenvalue weighted by Gasteiger charge is 2.36. The minimum Gasteiger partial charge on any atom is -0.508 e. The minimum absolute atomic E-state index is 0.0452. The number of hydrogen-bond acceptors (Lipinski definition) is 7. The highest BCUT2D eigenvalue weighted by atomic mass is 16.7. The SMILES string of the molecule is COc1c([C@H]2COc3cc(O)cc(O)c3C2=O)ccc2c1OCO2. The van der Waals surface area contributed by atoms with E-state index in [9.17, 15) is 15.0 Å². The first-order valence-electron chi connectivity index (χ1n) is 7.29. The molecule has 24 heavy (non-hydrogen) atoms. The summed E-state index contributed by atoms with van der Waals surface area (Å²) >= 11 is 0. The second-order valence-corrected chi connectivity index (χ2v) is 5.49. The minimum atomic E-state index is -0.669. The molecule has 0 radical (unpaired) electrons. The largest absolute Gasteiger partial charge is 0.508 e. The van der Waals surface area contributed by atoms with E-state index in [1.807, 2.05) is 0 Å². The number of hydrogen-bond donors (Lipinski definition) is 2. The molecule has 2 aliphatic heterocycles. The zero-order valence-corrected chi connectivity index (χ0v) is 12.7. The van der Waals surface area contributed by atoms with Gasteiger partial charge in [-0.25, -0.2) is 0 Å². The van der Waals surface area contributed by atoms with Gasteiger partial charge in [-0.2, -0.15) is 0 Å². The molecular formula is C17H14O7. The molecule has 7 heteroatoms. The highest BCUT2D eigenvalue weighted by Crippen LogP contribution is 2.48. The van der Waals surface area contributed by atoms with E-state index in [1.54, 1.807) is 12.1 Å². The molecule has 2 aliphatic rings. The van der Waals surface area contributed by atoms with E-state index >= 15 is 0 Å². The van der Waals surface area contributed by atoms with Crippen molar-refractivity contribution in [2.75, 3.05) is 20.5 Å². The van der Waals surface area contributed by atoms with Crippen LogP contribution in [0.2, 0.25) is 0 Å². The van der Waals surface area contributed by atoms with Gasteiger partial charge >= 0.3 is 0 Å². The van der Waals surface area contributed by atoms with E-state index < -0.39 is 5.92 Å². The summed E-state index contributed by atoms with van der Waals surface area (Å²) in [6.07, 6.45) is 0. The van der Waals surface area contributed by atoms with Crippen molar-refractivity contribution >= 4 is 5.78 Å². The lowest BCUT2D eigenvalue weighted by molar-refractivity contribution is 0.0890. The molecule has 1 atom stereocenters. The molecule has 2 aromatic carbocycles. The Kier molecular flexibility index (Phi) is 3.16. The van der Waals surface area contributed by atoms with Crippen LogP contribution >= 0.6 is 0 Å². The zero-order chi connectivity index (χ0) is 16.8. The van der Waals surface area contributed by atoms with Crippen LogP contribution < -0.4 is 18.9 Å². The molecule has 0 aromatic heterocycles. The number of ether oxygens (including phenoxy) is 4. The Morgan fingerprint density at radius 3 is 2.75 bits per heavy atom. The summed E-state index contributed by atoms with van der Waals surface area (Å²) in [5, 5.41) is 19.5. The lowest BCUT2D eigenvalue weighted by Gasteiger charge is -2.26. The number of ketones is 1. The molecule has 4 rings (SSSR count). The van der Waals surface area contributed by atoms with Crippen molar-refractivity contribution in [3.05, 3.63) is 35.4 Å². The Labute approximate surface area is 137 Å². The lowest BCUT2D eigenvalue weighted by atomic mass is 9.87. The molecule has 124 valence electrons. The summed E-state index contributed by atoms with van der Waals surface area (Å²) in [5.74, 6) is 0.0967. The average molecular weight is 330 g/mol. The fourth-order valence-electron chi connectivity index (χ4n) is 3.05. The van der Waals surface area contributed by atoms with E-state index in [0.717, 1.165) is 6.07 Å². The summed E-state index contributed by atoms with van der Waals surface area (Å²) in [6, 6.07) is 5.85. The average Bonchev–Trinajstić information content (AvgIpc) is 3.02. The van der Waals surface area contributed by atoms with Crippen LogP contribution in [0.5, 0.6) is 34.5 Å². The molecule has 0 aliphatic carbocycles. The Balaban J connectivity index is 1.81. The van der Waals surface area contributed by atoms with E-state index in [-0.39, 0.29) is 42.0 Å². The van der Waals surface area contributed by atoms with Crippen molar-refractivity contribution in [1.82, 2.24) is 0 Å². The summed E-state index contributed by atoms with van der Waals surface area (Å²) in [5.41, 5.74) is 0.633. The molecule has 0 spiro atoms. The number of rotatable bonds is 2. The molecule has 2 N–H and O–H groups in total. The summed E-state index contributed by atoms with van der Waals surface area (Å²) < 4.78 is 21.7. The van der Waals surface area contributed by atoms with Gasteiger partial charge in [0.1, 0.15) is 29.4 Å². The van der Waals surface area contributed by atoms with Crippen molar-refractivity contribution in [3.63, 3.8) is 0 Å². The number of carbonyl (C=O) groups excluding carboxylic acids is 1. The second kappa shape index (κ2) is 5.23. The van der Waals surface area contributed by atoms with Crippen LogP contribution in [0.15, 0.2) is 24.3 Å². The maximum absolute atomic E-state index is 12.9. The van der Waals surface area contributed by atoms with Gasteiger partial charge in [-0.3, -0.25) is 4.79 Å². The van der Waals surface area contributed by atoms with Crippen molar-refractivity contribution < 1.29 is 34.0 Å². The van der Waals surface area contributed by atoms with E-state index in [4.69, 9.17) is 18.9 Å². The predicted molar refractivity (Wildman–Crippen MR) is 81.5 cm³/mol. The van der Waals surface area contributed by atoms with Gasteiger partial charge in [-0.1, -0.05) is 6.07 Å². The number of phenols is 2. The maximum atomic E-state index is 12.9. The van der Waals surface area contributed by atoms with Gasteiger partial charge in [0.2, 0.25) is 12.5 Å². The molecule has 0 amide bonds. The molecule has 0 saturated heterocycles. The number of aromatic hydroxyl groups is 2. The topological polar surface area (TPSA) is 94.5 Å². The highest BCUT2D eigenvalue weighted by molar-refractivity contribution is 6.07. The fraction of sp³-hybridized carbons (Fsp3) is 0.235. The molecule has 0 bridgehead atoms. The van der Waals surface area contributed by atoms with Crippen LogP contribution in [0.4, 0.5) is 0 Å². The summed E-state index contributed by atoms with van der Waals surface area (Å²) in [6.45, 7) is 0.151. The Morgan fingerprint density at radius 1 is 1.12 bits per heavy atom. The molecule has 7 nitrogen and oxygen atoms in total. The van der Waals surface area contributed by atoms with E-state index in [2.05, 4.69) is 0 Å².